The topological polar surface area (TPSA) is 178 Å². The Morgan fingerprint density at radius 3 is 2.52 bits per heavy atom. The van der Waals surface area contributed by atoms with Crippen LogP contribution in [0.4, 0.5) is 0 Å². The summed E-state index contributed by atoms with van der Waals surface area (Å²) in [7, 11) is 0. The highest BCUT2D eigenvalue weighted by Gasteiger charge is 2.22. The summed E-state index contributed by atoms with van der Waals surface area (Å²) < 4.78 is 5.16. The molecule has 29 heavy (non-hydrogen) atoms. The molecular weight excluding hydrogens is 382 g/mol. The first kappa shape index (κ1) is 21.5. The Morgan fingerprint density at radius 2 is 1.86 bits per heavy atom. The third-order valence-electron chi connectivity index (χ3n) is 3.80. The molecular formula is C18H21N5O6. The molecule has 1 heterocycles. The van der Waals surface area contributed by atoms with Crippen molar-refractivity contribution in [3.8, 4) is 11.5 Å². The average Bonchev–Trinajstić information content (AvgIpc) is 3.17. The van der Waals surface area contributed by atoms with Crippen molar-refractivity contribution >= 4 is 23.7 Å². The molecule has 1 aromatic carbocycles. The van der Waals surface area contributed by atoms with Crippen LogP contribution in [0, 0.1) is 0 Å². The lowest BCUT2D eigenvalue weighted by molar-refractivity contribution is -0.138. The smallest absolute Gasteiger partial charge is 0.303 e. The van der Waals surface area contributed by atoms with Gasteiger partial charge in [-0.05, 0) is 18.6 Å². The van der Waals surface area contributed by atoms with E-state index in [0.717, 1.165) is 5.56 Å². The lowest BCUT2D eigenvalue weighted by Gasteiger charge is -2.17. The Labute approximate surface area is 165 Å². The number of primary amides is 1. The van der Waals surface area contributed by atoms with Gasteiger partial charge in [0.15, 0.2) is 5.82 Å². The van der Waals surface area contributed by atoms with Gasteiger partial charge in [-0.25, -0.2) is 0 Å². The van der Waals surface area contributed by atoms with Crippen molar-refractivity contribution in [2.24, 2.45) is 5.73 Å². The number of carbonyl (C=O) groups excluding carboxylic acids is 3. The first-order valence-electron chi connectivity index (χ1n) is 8.80. The van der Waals surface area contributed by atoms with Crippen molar-refractivity contribution < 1.29 is 28.8 Å². The number of nitrogens with zero attached hydrogens (tertiary/aromatic N) is 2. The largest absolute Gasteiger partial charge is 0.481 e. The predicted octanol–water partition coefficient (Wildman–Crippen LogP) is -0.380. The van der Waals surface area contributed by atoms with E-state index in [1.807, 2.05) is 30.3 Å². The standard InChI is InChI=1S/C18H21N5O6/c19-13(24)10-20-17(28)12(6-9-16(26)27)21-15(25)8-7-14-22-18(29-23-14)11-4-2-1-3-5-11/h1-5,12H,6-10H2,(H2,19,24)(H,20,28)(H,21,25)(H,26,27)/t12-/m0/s1. The van der Waals surface area contributed by atoms with Gasteiger partial charge in [-0.2, -0.15) is 4.98 Å². The van der Waals surface area contributed by atoms with E-state index in [1.54, 1.807) is 0 Å². The number of carboxylic acids is 1. The van der Waals surface area contributed by atoms with Gasteiger partial charge in [0.1, 0.15) is 6.04 Å². The summed E-state index contributed by atoms with van der Waals surface area (Å²) in [6, 6.07) is 8.01. The van der Waals surface area contributed by atoms with E-state index in [-0.39, 0.29) is 25.7 Å². The van der Waals surface area contributed by atoms with E-state index in [0.29, 0.717) is 11.7 Å². The monoisotopic (exact) mass is 403 g/mol. The molecule has 154 valence electrons. The highest BCUT2D eigenvalue weighted by Crippen LogP contribution is 2.16. The number of nitrogens with two attached hydrogens (primary N) is 1. The van der Waals surface area contributed by atoms with Crippen LogP contribution in [0.25, 0.3) is 11.5 Å². The molecule has 1 aromatic heterocycles. The number of rotatable bonds is 11. The number of hydrogen-bond donors (Lipinski definition) is 4. The number of aromatic nitrogens is 2. The number of nitrogens with one attached hydrogen (secondary N) is 2. The van der Waals surface area contributed by atoms with E-state index in [2.05, 4.69) is 20.8 Å². The number of aryl methyl sites for hydroxylation is 1. The van der Waals surface area contributed by atoms with Crippen LogP contribution in [0.5, 0.6) is 0 Å². The second kappa shape index (κ2) is 10.5. The van der Waals surface area contributed by atoms with Gasteiger partial charge in [-0.1, -0.05) is 23.4 Å². The molecule has 2 aromatic rings. The first-order chi connectivity index (χ1) is 13.8. The van der Waals surface area contributed by atoms with Gasteiger partial charge < -0.3 is 26.0 Å². The van der Waals surface area contributed by atoms with E-state index in [9.17, 15) is 19.2 Å². The van der Waals surface area contributed by atoms with Gasteiger partial charge in [-0.15, -0.1) is 0 Å². The van der Waals surface area contributed by atoms with Crippen LogP contribution in [0.1, 0.15) is 25.1 Å². The summed E-state index contributed by atoms with van der Waals surface area (Å²) in [4.78, 5) is 50.0. The maximum atomic E-state index is 12.2. The van der Waals surface area contributed by atoms with Crippen LogP contribution in [0.3, 0.4) is 0 Å². The quantitative estimate of drug-likeness (QED) is 0.392. The molecule has 11 nitrogen and oxygen atoms in total. The number of hydrogen-bond acceptors (Lipinski definition) is 7. The van der Waals surface area contributed by atoms with Crippen molar-refractivity contribution in [1.82, 2.24) is 20.8 Å². The average molecular weight is 403 g/mol. The number of benzene rings is 1. The van der Waals surface area contributed by atoms with E-state index < -0.39 is 36.3 Å². The Bertz CT molecular complexity index is 867. The second-order valence-electron chi connectivity index (χ2n) is 6.12. The number of amides is 3. The lowest BCUT2D eigenvalue weighted by atomic mass is 10.1. The molecule has 0 bridgehead atoms. The highest BCUT2D eigenvalue weighted by molar-refractivity contribution is 5.90. The normalized spacial score (nSPS) is 11.4. The second-order valence-corrected chi connectivity index (χ2v) is 6.12. The fraction of sp³-hybridized carbons (Fsp3) is 0.333. The Balaban J connectivity index is 1.90. The van der Waals surface area contributed by atoms with Gasteiger partial charge in [-0.3, -0.25) is 19.2 Å². The fourth-order valence-electron chi connectivity index (χ4n) is 2.38. The predicted molar refractivity (Wildman–Crippen MR) is 99.1 cm³/mol. The number of carboxylic acid groups (broad SMARTS) is 1. The number of carbonyl (C=O) groups is 4. The molecule has 0 aliphatic carbocycles. The third kappa shape index (κ3) is 7.40. The van der Waals surface area contributed by atoms with Crippen molar-refractivity contribution in [1.29, 1.82) is 0 Å². The summed E-state index contributed by atoms with van der Waals surface area (Å²) in [5.41, 5.74) is 5.71. The summed E-state index contributed by atoms with van der Waals surface area (Å²) in [5, 5.41) is 17.3. The number of aliphatic carboxylic acids is 1. The molecule has 11 heteroatoms. The van der Waals surface area contributed by atoms with Crippen LogP contribution in [0.15, 0.2) is 34.9 Å². The maximum Gasteiger partial charge on any atom is 0.303 e. The molecule has 3 amide bonds. The minimum atomic E-state index is -1.12. The molecule has 0 unspecified atom stereocenters. The molecule has 1 atom stereocenters. The molecule has 0 aliphatic rings. The van der Waals surface area contributed by atoms with Gasteiger partial charge in [0.2, 0.25) is 17.7 Å². The van der Waals surface area contributed by atoms with Crippen molar-refractivity contribution in [2.45, 2.75) is 31.7 Å². The Kier molecular flexibility index (Phi) is 7.83. The van der Waals surface area contributed by atoms with E-state index in [1.165, 1.54) is 0 Å². The zero-order valence-electron chi connectivity index (χ0n) is 15.5. The van der Waals surface area contributed by atoms with Gasteiger partial charge in [0, 0.05) is 24.8 Å². The molecule has 0 fully saturated rings. The molecule has 0 spiro atoms. The van der Waals surface area contributed by atoms with Crippen molar-refractivity contribution in [3.63, 3.8) is 0 Å². The van der Waals surface area contributed by atoms with Crippen LogP contribution in [0.2, 0.25) is 0 Å². The zero-order chi connectivity index (χ0) is 21.2. The van der Waals surface area contributed by atoms with Gasteiger partial charge in [0.05, 0.1) is 6.54 Å². The van der Waals surface area contributed by atoms with E-state index >= 15 is 0 Å². The first-order valence-corrected chi connectivity index (χ1v) is 8.80. The Morgan fingerprint density at radius 1 is 1.14 bits per heavy atom. The van der Waals surface area contributed by atoms with Crippen molar-refractivity contribution in [2.75, 3.05) is 6.54 Å². The SMILES string of the molecule is NC(=O)CNC(=O)[C@H](CCC(=O)O)NC(=O)CCc1noc(-c2ccccc2)n1. The molecule has 2 rings (SSSR count). The third-order valence-corrected chi connectivity index (χ3v) is 3.80. The molecule has 0 saturated carbocycles. The summed E-state index contributed by atoms with van der Waals surface area (Å²) in [6.07, 6.45) is -0.344. The van der Waals surface area contributed by atoms with Gasteiger partial charge >= 0.3 is 5.97 Å². The van der Waals surface area contributed by atoms with Crippen LogP contribution >= 0.6 is 0 Å². The Hall–Kier alpha value is -3.76. The summed E-state index contributed by atoms with van der Waals surface area (Å²) in [6.45, 7) is -0.413. The summed E-state index contributed by atoms with van der Waals surface area (Å²) in [5.74, 6) is -2.42. The summed E-state index contributed by atoms with van der Waals surface area (Å²) >= 11 is 0. The minimum absolute atomic E-state index is 0.0412. The zero-order valence-corrected chi connectivity index (χ0v) is 15.5. The molecule has 0 radical (unpaired) electrons. The molecule has 5 N–H and O–H groups in total. The van der Waals surface area contributed by atoms with Crippen LogP contribution < -0.4 is 16.4 Å². The minimum Gasteiger partial charge on any atom is -0.481 e. The maximum absolute atomic E-state index is 12.2. The molecule has 0 aliphatic heterocycles. The van der Waals surface area contributed by atoms with Crippen molar-refractivity contribution in [3.05, 3.63) is 36.2 Å². The molecule has 0 saturated heterocycles. The van der Waals surface area contributed by atoms with Gasteiger partial charge in [0.25, 0.3) is 5.89 Å². The van der Waals surface area contributed by atoms with Crippen LogP contribution in [-0.2, 0) is 25.6 Å². The lowest BCUT2D eigenvalue weighted by Crippen LogP contribution is -2.48. The fourth-order valence-corrected chi connectivity index (χ4v) is 2.38. The van der Waals surface area contributed by atoms with E-state index in [4.69, 9.17) is 15.4 Å². The highest BCUT2D eigenvalue weighted by atomic mass is 16.5. The van der Waals surface area contributed by atoms with Crippen LogP contribution in [-0.4, -0.2) is 51.5 Å².